The largest absolute Gasteiger partial charge is 0.459 e. The Kier molecular flexibility index (Phi) is 4.86. The number of carbonyl (C=O) groups is 2. The fourth-order valence-electron chi connectivity index (χ4n) is 3.23. The van der Waals surface area contributed by atoms with Crippen molar-refractivity contribution in [1.29, 1.82) is 0 Å². The average Bonchev–Trinajstić information content (AvgIpc) is 2.86. The van der Waals surface area contributed by atoms with E-state index in [0.717, 1.165) is 10.6 Å². The van der Waals surface area contributed by atoms with E-state index in [1.807, 2.05) is 0 Å². The van der Waals surface area contributed by atoms with E-state index in [2.05, 4.69) is 0 Å². The number of fused-ring (bicyclic) bond motifs is 1. The zero-order valence-corrected chi connectivity index (χ0v) is 15.2. The van der Waals surface area contributed by atoms with Crippen LogP contribution in [0.25, 0.3) is 0 Å². The van der Waals surface area contributed by atoms with Gasteiger partial charge in [-0.15, -0.1) is 0 Å². The molecule has 138 valence electrons. The summed E-state index contributed by atoms with van der Waals surface area (Å²) in [5.74, 6) is -0.584. The van der Waals surface area contributed by atoms with Crippen molar-refractivity contribution in [3.05, 3.63) is 0 Å². The highest BCUT2D eigenvalue weighted by Crippen LogP contribution is 2.36. The number of hydrogen-bond donors (Lipinski definition) is 1. The number of aliphatic hydroxyl groups is 1. The number of aliphatic hydroxyl groups excluding tert-OH is 1. The number of carbonyl (C=O) groups excluding carboxylic acids is 2. The molecule has 4 atom stereocenters. The molecule has 10 heteroatoms. The topological polar surface area (TPSA) is 113 Å². The lowest BCUT2D eigenvalue weighted by atomic mass is 10.1. The van der Waals surface area contributed by atoms with Crippen molar-refractivity contribution in [3.63, 3.8) is 0 Å². The van der Waals surface area contributed by atoms with Gasteiger partial charge in [0.2, 0.25) is 10.0 Å². The molecule has 2 heterocycles. The minimum absolute atomic E-state index is 0.0893. The van der Waals surface area contributed by atoms with Crippen LogP contribution in [0.3, 0.4) is 0 Å². The lowest BCUT2D eigenvalue weighted by Gasteiger charge is -2.30. The molecule has 0 spiro atoms. The van der Waals surface area contributed by atoms with Gasteiger partial charge in [0.1, 0.15) is 11.7 Å². The molecule has 24 heavy (non-hydrogen) atoms. The molecule has 2 aliphatic rings. The summed E-state index contributed by atoms with van der Waals surface area (Å²) in [7, 11) is -3.64. The van der Waals surface area contributed by atoms with Gasteiger partial charge in [-0.1, -0.05) is 0 Å². The highest BCUT2D eigenvalue weighted by molar-refractivity contribution is 7.88. The first-order valence-electron chi connectivity index (χ1n) is 7.63. The van der Waals surface area contributed by atoms with E-state index in [9.17, 15) is 23.1 Å². The molecule has 2 unspecified atom stereocenters. The second kappa shape index (κ2) is 6.16. The molecule has 0 radical (unpaired) electrons. The minimum atomic E-state index is -3.64. The van der Waals surface area contributed by atoms with Crippen molar-refractivity contribution in [2.75, 3.05) is 19.3 Å². The van der Waals surface area contributed by atoms with Crippen LogP contribution in [-0.2, 0) is 24.3 Å². The third-order valence-corrected chi connectivity index (χ3v) is 5.18. The van der Waals surface area contributed by atoms with E-state index in [4.69, 9.17) is 9.47 Å². The van der Waals surface area contributed by atoms with Crippen LogP contribution in [0.2, 0.25) is 0 Å². The molecule has 0 aromatic heterocycles. The third-order valence-electron chi connectivity index (χ3n) is 3.93. The van der Waals surface area contributed by atoms with Crippen molar-refractivity contribution in [1.82, 2.24) is 9.21 Å². The average molecular weight is 364 g/mol. The number of hydrogen-bond acceptors (Lipinski definition) is 7. The number of likely N-dealkylation sites (tertiary alicyclic amines) is 1. The molecular formula is C14H24N2O7S. The second-order valence-corrected chi connectivity index (χ2v) is 9.10. The van der Waals surface area contributed by atoms with Crippen LogP contribution < -0.4 is 0 Å². The van der Waals surface area contributed by atoms with Crippen molar-refractivity contribution < 1.29 is 32.6 Å². The van der Waals surface area contributed by atoms with Crippen LogP contribution in [-0.4, -0.2) is 84.0 Å². The number of rotatable bonds is 2. The smallest absolute Gasteiger partial charge is 0.410 e. The van der Waals surface area contributed by atoms with Crippen molar-refractivity contribution in [2.45, 2.75) is 57.6 Å². The van der Waals surface area contributed by atoms with Crippen LogP contribution in [0.5, 0.6) is 0 Å². The van der Waals surface area contributed by atoms with Gasteiger partial charge in [-0.05, 0) is 20.8 Å². The first kappa shape index (κ1) is 18.9. The summed E-state index contributed by atoms with van der Waals surface area (Å²) in [6, 6.07) is -1.65. The summed E-state index contributed by atoms with van der Waals surface area (Å²) in [4.78, 5) is 25.0. The fraction of sp³-hybridized carbons (Fsp3) is 0.857. The van der Waals surface area contributed by atoms with Crippen LogP contribution >= 0.6 is 0 Å². The number of sulfonamides is 1. The third kappa shape index (κ3) is 3.81. The summed E-state index contributed by atoms with van der Waals surface area (Å²) in [5.41, 5.74) is -0.744. The van der Waals surface area contributed by atoms with E-state index >= 15 is 0 Å². The van der Waals surface area contributed by atoms with Crippen molar-refractivity contribution in [2.24, 2.45) is 0 Å². The zero-order valence-electron chi connectivity index (χ0n) is 14.4. The number of esters is 1. The summed E-state index contributed by atoms with van der Waals surface area (Å²) in [5, 5.41) is 10.3. The van der Waals surface area contributed by atoms with Gasteiger partial charge in [0.25, 0.3) is 0 Å². The van der Waals surface area contributed by atoms with Gasteiger partial charge in [0, 0.05) is 6.92 Å². The predicted octanol–water partition coefficient (Wildman–Crippen LogP) is -0.458. The Balaban J connectivity index is 2.34. The van der Waals surface area contributed by atoms with Gasteiger partial charge in [0.15, 0.2) is 0 Å². The molecule has 9 nitrogen and oxygen atoms in total. The normalized spacial score (nSPS) is 31.0. The van der Waals surface area contributed by atoms with E-state index in [1.54, 1.807) is 20.8 Å². The lowest BCUT2D eigenvalue weighted by molar-refractivity contribution is -0.147. The maximum absolute atomic E-state index is 12.4. The molecule has 2 aliphatic heterocycles. The maximum atomic E-state index is 12.4. The fourth-order valence-corrected chi connectivity index (χ4v) is 4.35. The molecule has 0 saturated carbocycles. The van der Waals surface area contributed by atoms with Gasteiger partial charge in [-0.2, -0.15) is 4.31 Å². The highest BCUT2D eigenvalue weighted by atomic mass is 32.2. The molecule has 0 aromatic rings. The standard InChI is InChI=1S/C14H24N2O7S/c1-8(17)22-10-7-16(24(5,20)21)11-9(18)6-15(12(10)11)13(19)23-14(2,3)4/h9-12,18H,6-7H2,1-5H3/t9-,10+,11?,12?/m0/s1. The molecule has 2 rings (SSSR count). The molecule has 0 bridgehead atoms. The Bertz CT molecular complexity index is 628. The van der Waals surface area contributed by atoms with Crippen molar-refractivity contribution in [3.8, 4) is 0 Å². The predicted molar refractivity (Wildman–Crippen MR) is 83.6 cm³/mol. The Morgan fingerprint density at radius 3 is 2.21 bits per heavy atom. The van der Waals surface area contributed by atoms with E-state index < -0.39 is 52.0 Å². The molecule has 1 N–H and O–H groups in total. The van der Waals surface area contributed by atoms with Crippen LogP contribution in [0, 0.1) is 0 Å². The van der Waals surface area contributed by atoms with Gasteiger partial charge < -0.3 is 14.6 Å². The number of β-amino-alcohol motifs (C(OH)–C–C–N with tert-alkyl or cyclic N) is 1. The Hall–Kier alpha value is -1.39. The Morgan fingerprint density at radius 1 is 1.17 bits per heavy atom. The second-order valence-electron chi connectivity index (χ2n) is 7.16. The first-order chi connectivity index (χ1) is 10.8. The van der Waals surface area contributed by atoms with E-state index in [0.29, 0.717) is 0 Å². The molecule has 0 aromatic carbocycles. The van der Waals surface area contributed by atoms with Gasteiger partial charge >= 0.3 is 12.1 Å². The number of amides is 1. The summed E-state index contributed by atoms with van der Waals surface area (Å²) >= 11 is 0. The van der Waals surface area contributed by atoms with Crippen LogP contribution in [0.15, 0.2) is 0 Å². The van der Waals surface area contributed by atoms with Gasteiger partial charge in [0.05, 0.1) is 37.5 Å². The van der Waals surface area contributed by atoms with E-state index in [-0.39, 0.29) is 13.1 Å². The molecule has 2 saturated heterocycles. The summed E-state index contributed by atoms with van der Waals surface area (Å²) < 4.78 is 35.6. The number of ether oxygens (including phenoxy) is 2. The zero-order chi connectivity index (χ0) is 18.4. The summed E-state index contributed by atoms with van der Waals surface area (Å²) in [6.07, 6.45) is -1.60. The lowest BCUT2D eigenvalue weighted by Crippen LogP contribution is -2.48. The van der Waals surface area contributed by atoms with Crippen LogP contribution in [0.1, 0.15) is 27.7 Å². The van der Waals surface area contributed by atoms with E-state index in [1.165, 1.54) is 11.8 Å². The van der Waals surface area contributed by atoms with Crippen molar-refractivity contribution >= 4 is 22.1 Å². The molecule has 0 aliphatic carbocycles. The first-order valence-corrected chi connectivity index (χ1v) is 9.48. The number of nitrogens with zero attached hydrogens (tertiary/aromatic N) is 2. The monoisotopic (exact) mass is 364 g/mol. The summed E-state index contributed by atoms with van der Waals surface area (Å²) in [6.45, 7) is 6.13. The Morgan fingerprint density at radius 2 is 1.75 bits per heavy atom. The van der Waals surface area contributed by atoms with Crippen LogP contribution in [0.4, 0.5) is 4.79 Å². The quantitative estimate of drug-likeness (QED) is 0.660. The maximum Gasteiger partial charge on any atom is 0.410 e. The molecular weight excluding hydrogens is 340 g/mol. The SMILES string of the molecule is CC(=O)O[C@@H]1CN(S(C)(=O)=O)C2C1N(C(=O)OC(C)(C)C)C[C@@H]2O. The molecule has 1 amide bonds. The van der Waals surface area contributed by atoms with Gasteiger partial charge in [-0.3, -0.25) is 9.69 Å². The highest BCUT2D eigenvalue weighted by Gasteiger charge is 2.59. The van der Waals surface area contributed by atoms with Gasteiger partial charge in [-0.25, -0.2) is 13.2 Å². The minimum Gasteiger partial charge on any atom is -0.459 e. The molecule has 2 fully saturated rings. The Labute approximate surface area is 141 Å².